The lowest BCUT2D eigenvalue weighted by molar-refractivity contribution is -0.119. The zero-order chi connectivity index (χ0) is 9.61. The van der Waals surface area contributed by atoms with E-state index in [1.807, 2.05) is 0 Å². The Hall–Kier alpha value is -0.530. The molecule has 0 radical (unpaired) electrons. The van der Waals surface area contributed by atoms with Crippen molar-refractivity contribution in [2.45, 2.75) is 47.0 Å². The highest BCUT2D eigenvalue weighted by Crippen LogP contribution is 2.21. The number of rotatable bonds is 5. The fourth-order valence-electron chi connectivity index (χ4n) is 1.11. The van der Waals surface area contributed by atoms with Gasteiger partial charge in [0.05, 0.1) is 0 Å². The van der Waals surface area contributed by atoms with E-state index in [9.17, 15) is 4.79 Å². The van der Waals surface area contributed by atoms with Gasteiger partial charge in [-0.2, -0.15) is 0 Å². The van der Waals surface area contributed by atoms with E-state index in [0.717, 1.165) is 6.54 Å². The molecule has 0 aromatic carbocycles. The second kappa shape index (κ2) is 5.18. The first-order valence-corrected chi connectivity index (χ1v) is 4.72. The Balaban J connectivity index is 3.63. The molecule has 0 unspecified atom stereocenters. The largest absolute Gasteiger partial charge is 0.356 e. The zero-order valence-electron chi connectivity index (χ0n) is 8.74. The van der Waals surface area contributed by atoms with Gasteiger partial charge in [0.25, 0.3) is 0 Å². The van der Waals surface area contributed by atoms with Gasteiger partial charge in [-0.3, -0.25) is 4.79 Å². The van der Waals surface area contributed by atoms with E-state index in [-0.39, 0.29) is 11.3 Å². The Bertz CT molecular complexity index is 141. The maximum Gasteiger partial charge on any atom is 0.216 e. The van der Waals surface area contributed by atoms with Gasteiger partial charge in [0.15, 0.2) is 0 Å². The quantitative estimate of drug-likeness (QED) is 0.676. The van der Waals surface area contributed by atoms with Gasteiger partial charge in [0, 0.05) is 13.5 Å². The van der Waals surface area contributed by atoms with Crippen LogP contribution in [0, 0.1) is 5.41 Å². The van der Waals surface area contributed by atoms with Crippen LogP contribution in [0.3, 0.4) is 0 Å². The van der Waals surface area contributed by atoms with Crippen molar-refractivity contribution < 1.29 is 4.79 Å². The predicted octanol–water partition coefficient (Wildman–Crippen LogP) is 2.34. The summed E-state index contributed by atoms with van der Waals surface area (Å²) in [5.41, 5.74) is 0.252. The third kappa shape index (κ3) is 6.20. The molecule has 0 aliphatic carbocycles. The highest BCUT2D eigenvalue weighted by Gasteiger charge is 2.16. The van der Waals surface area contributed by atoms with Gasteiger partial charge in [0.1, 0.15) is 0 Å². The van der Waals surface area contributed by atoms with Crippen molar-refractivity contribution >= 4 is 5.91 Å². The Morgan fingerprint density at radius 3 is 2.42 bits per heavy atom. The maximum absolute atomic E-state index is 10.7. The predicted molar refractivity (Wildman–Crippen MR) is 52.0 cm³/mol. The molecule has 0 aliphatic heterocycles. The van der Waals surface area contributed by atoms with Crippen LogP contribution >= 0.6 is 0 Å². The topological polar surface area (TPSA) is 29.1 Å². The van der Waals surface area contributed by atoms with Crippen LogP contribution in [0.5, 0.6) is 0 Å². The molecule has 1 amide bonds. The summed E-state index contributed by atoms with van der Waals surface area (Å²) >= 11 is 0. The summed E-state index contributed by atoms with van der Waals surface area (Å²) in [4.78, 5) is 10.7. The molecule has 0 heterocycles. The first-order chi connectivity index (χ1) is 5.48. The Labute approximate surface area is 75.7 Å². The van der Waals surface area contributed by atoms with Crippen LogP contribution in [0.1, 0.15) is 47.0 Å². The van der Waals surface area contributed by atoms with Crippen LogP contribution in [0.15, 0.2) is 0 Å². The number of amides is 1. The Kier molecular flexibility index (Phi) is 4.95. The first-order valence-electron chi connectivity index (χ1n) is 4.72. The molecule has 0 aromatic heterocycles. The summed E-state index contributed by atoms with van der Waals surface area (Å²) in [6, 6.07) is 0. The molecular formula is C10H21NO. The molecule has 0 aliphatic rings. The number of hydrogen-bond acceptors (Lipinski definition) is 1. The molecule has 1 N–H and O–H groups in total. The Morgan fingerprint density at radius 1 is 1.42 bits per heavy atom. The number of nitrogens with one attached hydrogen (secondary N) is 1. The van der Waals surface area contributed by atoms with Crippen molar-refractivity contribution in [1.82, 2.24) is 5.32 Å². The highest BCUT2D eigenvalue weighted by molar-refractivity contribution is 5.72. The van der Waals surface area contributed by atoms with E-state index in [1.165, 1.54) is 19.3 Å². The lowest BCUT2D eigenvalue weighted by atomic mass is 9.87. The lowest BCUT2D eigenvalue weighted by Gasteiger charge is -2.24. The van der Waals surface area contributed by atoms with Crippen molar-refractivity contribution in [3.05, 3.63) is 0 Å². The summed E-state index contributed by atoms with van der Waals surface area (Å²) < 4.78 is 0. The van der Waals surface area contributed by atoms with Gasteiger partial charge in [-0.1, -0.05) is 33.6 Å². The maximum atomic E-state index is 10.7. The number of hydrogen-bond donors (Lipinski definition) is 1. The number of carbonyl (C=O) groups excluding carboxylic acids is 1. The number of carbonyl (C=O) groups is 1. The fourth-order valence-corrected chi connectivity index (χ4v) is 1.11. The summed E-state index contributed by atoms with van der Waals surface area (Å²) in [6.45, 7) is 8.93. The molecule has 12 heavy (non-hydrogen) atoms. The molecular weight excluding hydrogens is 150 g/mol. The lowest BCUT2D eigenvalue weighted by Crippen LogP contribution is -2.32. The van der Waals surface area contributed by atoms with Crippen molar-refractivity contribution in [3.8, 4) is 0 Å². The van der Waals surface area contributed by atoms with Crippen LogP contribution < -0.4 is 5.32 Å². The molecule has 0 saturated carbocycles. The van der Waals surface area contributed by atoms with Crippen LogP contribution in [0.25, 0.3) is 0 Å². The van der Waals surface area contributed by atoms with Crippen molar-refractivity contribution in [3.63, 3.8) is 0 Å². The van der Waals surface area contributed by atoms with Crippen LogP contribution in [0.2, 0.25) is 0 Å². The van der Waals surface area contributed by atoms with E-state index >= 15 is 0 Å². The number of unbranched alkanes of at least 4 members (excludes halogenated alkanes) is 1. The minimum Gasteiger partial charge on any atom is -0.356 e. The fraction of sp³-hybridized carbons (Fsp3) is 0.900. The van der Waals surface area contributed by atoms with Gasteiger partial charge in [-0.25, -0.2) is 0 Å². The summed E-state index contributed by atoms with van der Waals surface area (Å²) in [6.07, 6.45) is 3.65. The summed E-state index contributed by atoms with van der Waals surface area (Å²) in [7, 11) is 0. The zero-order valence-corrected chi connectivity index (χ0v) is 8.74. The van der Waals surface area contributed by atoms with E-state index in [2.05, 4.69) is 26.1 Å². The van der Waals surface area contributed by atoms with Gasteiger partial charge >= 0.3 is 0 Å². The second-order valence-electron chi connectivity index (χ2n) is 4.18. The molecule has 2 heteroatoms. The smallest absolute Gasteiger partial charge is 0.216 e. The van der Waals surface area contributed by atoms with Gasteiger partial charge < -0.3 is 5.32 Å². The van der Waals surface area contributed by atoms with Gasteiger partial charge in [-0.05, 0) is 11.8 Å². The van der Waals surface area contributed by atoms with E-state index < -0.39 is 0 Å². The average Bonchev–Trinajstić information content (AvgIpc) is 1.98. The van der Waals surface area contributed by atoms with Crippen LogP contribution in [-0.4, -0.2) is 12.5 Å². The molecule has 0 rings (SSSR count). The van der Waals surface area contributed by atoms with Crippen LogP contribution in [0.4, 0.5) is 0 Å². The third-order valence-corrected chi connectivity index (χ3v) is 2.02. The van der Waals surface area contributed by atoms with Crippen molar-refractivity contribution in [1.29, 1.82) is 0 Å². The minimum absolute atomic E-state index is 0.0690. The monoisotopic (exact) mass is 171 g/mol. The molecule has 0 atom stereocenters. The van der Waals surface area contributed by atoms with Gasteiger partial charge in [-0.15, -0.1) is 0 Å². The first kappa shape index (κ1) is 11.5. The molecule has 0 fully saturated rings. The summed E-state index contributed by atoms with van der Waals surface area (Å²) in [5, 5.41) is 2.86. The molecule has 0 spiro atoms. The molecule has 2 nitrogen and oxygen atoms in total. The normalized spacial score (nSPS) is 11.3. The van der Waals surface area contributed by atoms with E-state index in [1.54, 1.807) is 6.92 Å². The highest BCUT2D eigenvalue weighted by atomic mass is 16.1. The average molecular weight is 171 g/mol. The SMILES string of the molecule is CCCCC(C)(C)CNC(C)=O. The van der Waals surface area contributed by atoms with E-state index in [4.69, 9.17) is 0 Å². The molecule has 0 saturated heterocycles. The Morgan fingerprint density at radius 2 is 2.00 bits per heavy atom. The van der Waals surface area contributed by atoms with Crippen LogP contribution in [-0.2, 0) is 4.79 Å². The molecule has 72 valence electrons. The molecule has 0 bridgehead atoms. The third-order valence-electron chi connectivity index (χ3n) is 2.02. The van der Waals surface area contributed by atoms with Gasteiger partial charge in [0.2, 0.25) is 5.91 Å². The molecule has 0 aromatic rings. The van der Waals surface area contributed by atoms with Crippen molar-refractivity contribution in [2.75, 3.05) is 6.54 Å². The second-order valence-corrected chi connectivity index (χ2v) is 4.18. The summed E-state index contributed by atoms with van der Waals surface area (Å²) in [5.74, 6) is 0.0690. The van der Waals surface area contributed by atoms with E-state index in [0.29, 0.717) is 0 Å². The minimum atomic E-state index is 0.0690. The standard InChI is InChI=1S/C10H21NO/c1-5-6-7-10(3,4)8-11-9(2)12/h5-8H2,1-4H3,(H,11,12). The van der Waals surface area contributed by atoms with Crippen molar-refractivity contribution in [2.24, 2.45) is 5.41 Å².